The second-order valence-corrected chi connectivity index (χ2v) is 7.23. The van der Waals surface area contributed by atoms with E-state index in [1.807, 2.05) is 37.3 Å². The summed E-state index contributed by atoms with van der Waals surface area (Å²) in [5, 5.41) is 10.5. The summed E-state index contributed by atoms with van der Waals surface area (Å²) in [6.07, 6.45) is 9.50. The lowest BCUT2D eigenvalue weighted by Gasteiger charge is -2.28. The van der Waals surface area contributed by atoms with Crippen LogP contribution in [-0.4, -0.2) is 47.9 Å². The van der Waals surface area contributed by atoms with Crippen molar-refractivity contribution < 1.29 is 9.90 Å². The van der Waals surface area contributed by atoms with Crippen LogP contribution in [0.4, 0.5) is 0 Å². The molecule has 1 unspecified atom stereocenters. The third kappa shape index (κ3) is 6.65. The molecule has 1 aromatic carbocycles. The summed E-state index contributed by atoms with van der Waals surface area (Å²) in [5.74, 6) is 0. The van der Waals surface area contributed by atoms with Crippen LogP contribution in [0.2, 0.25) is 0 Å². The standard InChI is InChI=1S/C16H16ClNO2.C6H13N/c1-12-4-2-6-14(8-12)16(20)15(9-17)18-7-3-5-13(10-18)11-19;1-7-5-3-2-4-6-7/h2-6,8-11,16,20H,7H2,1H3;2-6H2,1H3/b15-9-;. The van der Waals surface area contributed by atoms with Gasteiger partial charge in [-0.2, -0.15) is 0 Å². The van der Waals surface area contributed by atoms with Gasteiger partial charge in [0.25, 0.3) is 0 Å². The highest BCUT2D eigenvalue weighted by molar-refractivity contribution is 6.25. The molecule has 1 aromatic rings. The molecule has 4 nitrogen and oxygen atoms in total. The first-order chi connectivity index (χ1) is 13.0. The fourth-order valence-electron chi connectivity index (χ4n) is 3.17. The second-order valence-electron chi connectivity index (χ2n) is 7.02. The van der Waals surface area contributed by atoms with E-state index < -0.39 is 6.10 Å². The number of halogens is 1. The highest BCUT2D eigenvalue weighted by Crippen LogP contribution is 2.27. The molecule has 0 radical (unpaired) electrons. The van der Waals surface area contributed by atoms with Crippen molar-refractivity contribution in [1.82, 2.24) is 9.80 Å². The Morgan fingerprint density at radius 1 is 1.26 bits per heavy atom. The minimum Gasteiger partial charge on any atom is -0.382 e. The van der Waals surface area contributed by atoms with E-state index >= 15 is 0 Å². The van der Waals surface area contributed by atoms with E-state index in [0.29, 0.717) is 17.8 Å². The van der Waals surface area contributed by atoms with Crippen LogP contribution in [0.3, 0.4) is 0 Å². The third-order valence-electron chi connectivity index (χ3n) is 4.71. The number of carbonyl (C=O) groups is 1. The van der Waals surface area contributed by atoms with Crippen LogP contribution in [0.1, 0.15) is 36.5 Å². The molecule has 0 amide bonds. The topological polar surface area (TPSA) is 43.8 Å². The molecule has 2 aliphatic rings. The maximum Gasteiger partial charge on any atom is 0.151 e. The lowest BCUT2D eigenvalue weighted by Crippen LogP contribution is -2.24. The van der Waals surface area contributed by atoms with Crippen LogP contribution >= 0.6 is 11.6 Å². The quantitative estimate of drug-likeness (QED) is 0.786. The van der Waals surface area contributed by atoms with E-state index in [1.165, 1.54) is 37.9 Å². The number of allylic oxidation sites excluding steroid dienone is 2. The van der Waals surface area contributed by atoms with Crippen molar-refractivity contribution in [3.8, 4) is 0 Å². The molecule has 0 aromatic heterocycles. The second kappa shape index (κ2) is 11.1. The predicted octanol–water partition coefficient (Wildman–Crippen LogP) is 4.17. The molecular weight excluding hydrogens is 360 g/mol. The highest BCUT2D eigenvalue weighted by atomic mass is 35.5. The van der Waals surface area contributed by atoms with E-state index in [1.54, 1.807) is 17.2 Å². The van der Waals surface area contributed by atoms with E-state index in [4.69, 9.17) is 11.6 Å². The van der Waals surface area contributed by atoms with Gasteiger partial charge in [0.1, 0.15) is 6.10 Å². The molecule has 1 saturated heterocycles. The third-order valence-corrected chi connectivity index (χ3v) is 4.94. The number of hydrogen-bond acceptors (Lipinski definition) is 4. The van der Waals surface area contributed by atoms with Gasteiger partial charge in [-0.1, -0.05) is 60.0 Å². The first-order valence-corrected chi connectivity index (χ1v) is 9.82. The molecule has 2 aliphatic heterocycles. The van der Waals surface area contributed by atoms with Crippen molar-refractivity contribution in [2.24, 2.45) is 0 Å². The van der Waals surface area contributed by atoms with Crippen LogP contribution in [0, 0.1) is 6.92 Å². The summed E-state index contributed by atoms with van der Waals surface area (Å²) in [6.45, 7) is 5.17. The Morgan fingerprint density at radius 2 is 2.00 bits per heavy atom. The molecule has 1 fully saturated rings. The molecule has 0 saturated carbocycles. The molecular formula is C22H29ClN2O2. The molecule has 146 valence electrons. The van der Waals surface area contributed by atoms with Gasteiger partial charge in [-0.3, -0.25) is 4.79 Å². The van der Waals surface area contributed by atoms with Crippen molar-refractivity contribution in [2.75, 3.05) is 26.7 Å². The fraction of sp³-hybridized carbons (Fsp3) is 0.409. The lowest BCUT2D eigenvalue weighted by molar-refractivity contribution is -0.104. The Labute approximate surface area is 167 Å². The largest absolute Gasteiger partial charge is 0.382 e. The number of benzene rings is 1. The number of likely N-dealkylation sites (tertiary alicyclic amines) is 1. The average Bonchev–Trinajstić information content (AvgIpc) is 2.70. The van der Waals surface area contributed by atoms with E-state index in [9.17, 15) is 9.90 Å². The summed E-state index contributed by atoms with van der Waals surface area (Å²) in [6, 6.07) is 7.62. The fourth-order valence-corrected chi connectivity index (χ4v) is 3.41. The summed E-state index contributed by atoms with van der Waals surface area (Å²) in [5.41, 5.74) is 4.28. The van der Waals surface area contributed by atoms with Crippen LogP contribution in [-0.2, 0) is 4.79 Å². The molecule has 2 heterocycles. The first kappa shape index (κ1) is 21.4. The number of hydrogen-bond donors (Lipinski definition) is 1. The van der Waals surface area contributed by atoms with Gasteiger partial charge in [0.15, 0.2) is 6.29 Å². The Kier molecular flexibility index (Phi) is 8.79. The molecule has 27 heavy (non-hydrogen) atoms. The van der Waals surface area contributed by atoms with Crippen molar-refractivity contribution in [2.45, 2.75) is 32.3 Å². The van der Waals surface area contributed by atoms with E-state index in [2.05, 4.69) is 11.9 Å². The van der Waals surface area contributed by atoms with Gasteiger partial charge < -0.3 is 14.9 Å². The number of aliphatic hydroxyl groups excluding tert-OH is 1. The van der Waals surface area contributed by atoms with Gasteiger partial charge in [-0.25, -0.2) is 0 Å². The molecule has 5 heteroatoms. The number of aldehydes is 1. The molecule has 0 bridgehead atoms. The molecule has 0 aliphatic carbocycles. The number of nitrogens with zero attached hydrogens (tertiary/aromatic N) is 2. The zero-order valence-corrected chi connectivity index (χ0v) is 16.9. The Morgan fingerprint density at radius 3 is 2.56 bits per heavy atom. The van der Waals surface area contributed by atoms with Crippen molar-refractivity contribution in [1.29, 1.82) is 0 Å². The summed E-state index contributed by atoms with van der Waals surface area (Å²) < 4.78 is 0. The SMILES string of the molecule is CN1CCCCC1.Cc1cccc(C(O)/C(=C/Cl)N2C=C(C=O)C=CC2)c1. The first-order valence-electron chi connectivity index (χ1n) is 9.38. The zero-order chi connectivity index (χ0) is 19.6. The molecule has 3 rings (SSSR count). The maximum absolute atomic E-state index is 10.8. The molecule has 1 N–H and O–H groups in total. The molecule has 1 atom stereocenters. The average molecular weight is 389 g/mol. The lowest BCUT2D eigenvalue weighted by atomic mass is 10.0. The van der Waals surface area contributed by atoms with E-state index in [-0.39, 0.29) is 0 Å². The Balaban J connectivity index is 0.000000313. The smallest absolute Gasteiger partial charge is 0.151 e. The van der Waals surface area contributed by atoms with Gasteiger partial charge in [0.2, 0.25) is 0 Å². The minimum atomic E-state index is -0.831. The van der Waals surface area contributed by atoms with Crippen molar-refractivity contribution in [3.05, 3.63) is 70.5 Å². The van der Waals surface area contributed by atoms with Gasteiger partial charge in [0.05, 0.1) is 5.70 Å². The predicted molar refractivity (Wildman–Crippen MR) is 111 cm³/mol. The number of aliphatic hydroxyl groups is 1. The zero-order valence-electron chi connectivity index (χ0n) is 16.1. The van der Waals surface area contributed by atoms with E-state index in [0.717, 1.165) is 17.4 Å². The monoisotopic (exact) mass is 388 g/mol. The number of carbonyl (C=O) groups excluding carboxylic acids is 1. The summed E-state index contributed by atoms with van der Waals surface area (Å²) in [7, 11) is 2.19. The van der Waals surface area contributed by atoms with Gasteiger partial charge in [-0.05, 0) is 45.5 Å². The summed E-state index contributed by atoms with van der Waals surface area (Å²) >= 11 is 5.87. The van der Waals surface area contributed by atoms with Crippen molar-refractivity contribution in [3.63, 3.8) is 0 Å². The van der Waals surface area contributed by atoms with Gasteiger partial charge in [0, 0.05) is 23.9 Å². The molecule has 0 spiro atoms. The van der Waals surface area contributed by atoms with Crippen LogP contribution < -0.4 is 0 Å². The normalized spacial score (nSPS) is 19.0. The number of piperidine rings is 1. The van der Waals surface area contributed by atoms with Gasteiger partial charge in [-0.15, -0.1) is 0 Å². The number of aryl methyl sites for hydroxylation is 1. The number of rotatable bonds is 4. The summed E-state index contributed by atoms with van der Waals surface area (Å²) in [4.78, 5) is 15.0. The Hall–Kier alpha value is -1.88. The van der Waals surface area contributed by atoms with Crippen LogP contribution in [0.15, 0.2) is 59.4 Å². The van der Waals surface area contributed by atoms with Crippen molar-refractivity contribution >= 4 is 17.9 Å². The van der Waals surface area contributed by atoms with Crippen LogP contribution in [0.25, 0.3) is 0 Å². The van der Waals surface area contributed by atoms with Crippen LogP contribution in [0.5, 0.6) is 0 Å². The minimum absolute atomic E-state index is 0.543. The highest BCUT2D eigenvalue weighted by Gasteiger charge is 2.19. The van der Waals surface area contributed by atoms with Gasteiger partial charge >= 0.3 is 0 Å². The maximum atomic E-state index is 10.8. The Bertz CT molecular complexity index is 706.